The van der Waals surface area contributed by atoms with Crippen LogP contribution in [0.2, 0.25) is 0 Å². The summed E-state index contributed by atoms with van der Waals surface area (Å²) in [5, 5.41) is 7.55. The number of hydrogen-bond donors (Lipinski definition) is 1. The van der Waals surface area contributed by atoms with E-state index in [4.69, 9.17) is 9.47 Å². The topological polar surface area (TPSA) is 77.5 Å². The minimum atomic E-state index is -0.573. The molecular weight excluding hydrogens is 384 g/mol. The van der Waals surface area contributed by atoms with Gasteiger partial charge in [0, 0.05) is 10.3 Å². The lowest BCUT2D eigenvalue weighted by molar-refractivity contribution is -0.124. The number of esters is 1. The Kier molecular flexibility index (Phi) is 6.56. The zero-order valence-corrected chi connectivity index (χ0v) is 16.3. The van der Waals surface area contributed by atoms with Crippen LogP contribution in [0.25, 0.3) is 0 Å². The van der Waals surface area contributed by atoms with E-state index in [1.54, 1.807) is 46.9 Å². The van der Waals surface area contributed by atoms with Crippen molar-refractivity contribution in [1.82, 2.24) is 10.3 Å². The molecule has 3 aromatic rings. The second-order valence-electron chi connectivity index (χ2n) is 5.61. The van der Waals surface area contributed by atoms with E-state index in [1.807, 2.05) is 29.8 Å². The summed E-state index contributed by atoms with van der Waals surface area (Å²) < 4.78 is 10.7. The Morgan fingerprint density at radius 3 is 2.81 bits per heavy atom. The molecule has 0 aliphatic rings. The van der Waals surface area contributed by atoms with Crippen molar-refractivity contribution in [3.05, 3.63) is 68.3 Å². The third-order valence-electron chi connectivity index (χ3n) is 3.50. The highest BCUT2D eigenvalue weighted by atomic mass is 32.1. The van der Waals surface area contributed by atoms with Crippen molar-refractivity contribution in [3.8, 4) is 5.75 Å². The minimum absolute atomic E-state index is 0.326. The highest BCUT2D eigenvalue weighted by molar-refractivity contribution is 7.10. The Hall–Kier alpha value is -2.71. The molecule has 0 radical (unpaired) electrons. The first-order valence-electron chi connectivity index (χ1n) is 8.20. The minimum Gasteiger partial charge on any atom is -0.487 e. The van der Waals surface area contributed by atoms with E-state index < -0.39 is 5.97 Å². The summed E-state index contributed by atoms with van der Waals surface area (Å²) in [6.07, 6.45) is 0. The zero-order chi connectivity index (χ0) is 19.1. The molecular formula is C19H18N2O4S2. The molecule has 0 bridgehead atoms. The second kappa shape index (κ2) is 9.29. The lowest BCUT2D eigenvalue weighted by Gasteiger charge is -2.08. The first kappa shape index (κ1) is 19.1. The van der Waals surface area contributed by atoms with E-state index in [0.29, 0.717) is 24.5 Å². The maximum atomic E-state index is 12.1. The van der Waals surface area contributed by atoms with Crippen LogP contribution in [0.3, 0.4) is 0 Å². The van der Waals surface area contributed by atoms with Gasteiger partial charge >= 0.3 is 5.97 Å². The summed E-state index contributed by atoms with van der Waals surface area (Å²) >= 11 is 3.11. The number of benzene rings is 1. The van der Waals surface area contributed by atoms with Gasteiger partial charge in [0.1, 0.15) is 12.4 Å². The fourth-order valence-electron chi connectivity index (χ4n) is 2.21. The monoisotopic (exact) mass is 402 g/mol. The fourth-order valence-corrected chi connectivity index (χ4v) is 3.45. The Balaban J connectivity index is 1.47. The van der Waals surface area contributed by atoms with Gasteiger partial charge in [0.05, 0.1) is 22.8 Å². The number of carbonyl (C=O) groups excluding carboxylic acids is 2. The van der Waals surface area contributed by atoms with E-state index in [0.717, 1.165) is 15.6 Å². The molecule has 2 heterocycles. The number of aryl methyl sites for hydroxylation is 1. The van der Waals surface area contributed by atoms with Crippen LogP contribution >= 0.6 is 22.7 Å². The first-order chi connectivity index (χ1) is 13.1. The van der Waals surface area contributed by atoms with Crippen LogP contribution in [-0.2, 0) is 22.7 Å². The Labute approximate surface area is 164 Å². The molecule has 3 rings (SSSR count). The van der Waals surface area contributed by atoms with Crippen molar-refractivity contribution in [3.63, 3.8) is 0 Å². The molecule has 0 aliphatic carbocycles. The highest BCUT2D eigenvalue weighted by Gasteiger charge is 2.11. The third kappa shape index (κ3) is 5.90. The van der Waals surface area contributed by atoms with E-state index in [9.17, 15) is 9.59 Å². The van der Waals surface area contributed by atoms with Gasteiger partial charge < -0.3 is 14.8 Å². The Morgan fingerprint density at radius 1 is 1.19 bits per heavy atom. The normalized spacial score (nSPS) is 10.4. The van der Waals surface area contributed by atoms with Crippen molar-refractivity contribution in [2.45, 2.75) is 20.1 Å². The quantitative estimate of drug-likeness (QED) is 0.583. The molecule has 2 aromatic heterocycles. The molecule has 1 aromatic carbocycles. The highest BCUT2D eigenvalue weighted by Crippen LogP contribution is 2.17. The van der Waals surface area contributed by atoms with Gasteiger partial charge in [-0.1, -0.05) is 12.1 Å². The Bertz CT molecular complexity index is 906. The van der Waals surface area contributed by atoms with Gasteiger partial charge in [-0.15, -0.1) is 22.7 Å². The summed E-state index contributed by atoms with van der Waals surface area (Å²) in [6.45, 7) is 2.36. The molecule has 27 heavy (non-hydrogen) atoms. The number of ether oxygens (including phenoxy) is 2. The van der Waals surface area contributed by atoms with Crippen molar-refractivity contribution >= 4 is 34.6 Å². The van der Waals surface area contributed by atoms with Crippen molar-refractivity contribution in [1.29, 1.82) is 0 Å². The molecule has 1 N–H and O–H groups in total. The number of thiazole rings is 1. The predicted molar refractivity (Wildman–Crippen MR) is 104 cm³/mol. The average Bonchev–Trinajstić information content (AvgIpc) is 3.34. The largest absolute Gasteiger partial charge is 0.487 e. The molecule has 140 valence electrons. The van der Waals surface area contributed by atoms with Crippen molar-refractivity contribution < 1.29 is 19.1 Å². The molecule has 1 amide bonds. The average molecular weight is 402 g/mol. The summed E-state index contributed by atoms with van der Waals surface area (Å²) in [5.41, 5.74) is 1.17. The molecule has 0 saturated heterocycles. The molecule has 0 aliphatic heterocycles. The van der Waals surface area contributed by atoms with Gasteiger partial charge in [0.15, 0.2) is 6.61 Å². The molecule has 0 fully saturated rings. The van der Waals surface area contributed by atoms with E-state index >= 15 is 0 Å². The van der Waals surface area contributed by atoms with Gasteiger partial charge in [0.2, 0.25) is 0 Å². The molecule has 0 spiro atoms. The summed E-state index contributed by atoms with van der Waals surface area (Å²) in [4.78, 5) is 29.3. The number of thiophene rings is 1. The number of amides is 1. The molecule has 0 unspecified atom stereocenters. The van der Waals surface area contributed by atoms with E-state index in [2.05, 4.69) is 10.3 Å². The third-order valence-corrected chi connectivity index (χ3v) is 5.20. The van der Waals surface area contributed by atoms with Crippen LogP contribution in [0.4, 0.5) is 0 Å². The summed E-state index contributed by atoms with van der Waals surface area (Å²) in [7, 11) is 0. The molecule has 0 saturated carbocycles. The maximum absolute atomic E-state index is 12.1. The number of hydrogen-bond acceptors (Lipinski definition) is 7. The van der Waals surface area contributed by atoms with Gasteiger partial charge in [0.25, 0.3) is 5.91 Å². The number of rotatable bonds is 8. The number of aromatic nitrogens is 1. The number of carbonyl (C=O) groups is 2. The standard InChI is InChI=1S/C19H18N2O4S2/c1-13-21-15(12-27-13)10-24-16-5-2-4-14(8-16)19(23)25-11-18(22)20-9-17-6-3-7-26-17/h2-8,12H,9-11H2,1H3,(H,20,22). The zero-order valence-electron chi connectivity index (χ0n) is 14.6. The lowest BCUT2D eigenvalue weighted by atomic mass is 10.2. The number of nitrogens with zero attached hydrogens (tertiary/aromatic N) is 1. The van der Waals surface area contributed by atoms with Gasteiger partial charge in [-0.2, -0.15) is 0 Å². The van der Waals surface area contributed by atoms with Crippen molar-refractivity contribution in [2.24, 2.45) is 0 Å². The van der Waals surface area contributed by atoms with Gasteiger partial charge in [-0.05, 0) is 36.6 Å². The first-order valence-corrected chi connectivity index (χ1v) is 9.96. The molecule has 6 nitrogen and oxygen atoms in total. The van der Waals surface area contributed by atoms with Crippen LogP contribution in [-0.4, -0.2) is 23.5 Å². The molecule has 8 heteroatoms. The van der Waals surface area contributed by atoms with Gasteiger partial charge in [-0.3, -0.25) is 4.79 Å². The second-order valence-corrected chi connectivity index (χ2v) is 7.70. The SMILES string of the molecule is Cc1nc(COc2cccc(C(=O)OCC(=O)NCc3cccs3)c2)cs1. The smallest absolute Gasteiger partial charge is 0.338 e. The summed E-state index contributed by atoms with van der Waals surface area (Å²) in [6, 6.07) is 10.5. The fraction of sp³-hybridized carbons (Fsp3) is 0.211. The van der Waals surface area contributed by atoms with Crippen LogP contribution < -0.4 is 10.1 Å². The predicted octanol–water partition coefficient (Wildman–Crippen LogP) is 3.57. The lowest BCUT2D eigenvalue weighted by Crippen LogP contribution is -2.28. The van der Waals surface area contributed by atoms with Crippen LogP contribution in [0, 0.1) is 6.92 Å². The van der Waals surface area contributed by atoms with Crippen LogP contribution in [0.1, 0.15) is 25.9 Å². The molecule has 0 atom stereocenters. The Morgan fingerprint density at radius 2 is 2.07 bits per heavy atom. The number of nitrogens with one attached hydrogen (secondary N) is 1. The van der Waals surface area contributed by atoms with Gasteiger partial charge in [-0.25, -0.2) is 9.78 Å². The van der Waals surface area contributed by atoms with Crippen molar-refractivity contribution in [2.75, 3.05) is 6.61 Å². The summed E-state index contributed by atoms with van der Waals surface area (Å²) in [5.74, 6) is -0.378. The van der Waals surface area contributed by atoms with E-state index in [1.165, 1.54) is 0 Å². The van der Waals surface area contributed by atoms with E-state index in [-0.39, 0.29) is 12.5 Å². The maximum Gasteiger partial charge on any atom is 0.338 e. The van der Waals surface area contributed by atoms with Crippen LogP contribution in [0.5, 0.6) is 5.75 Å². The van der Waals surface area contributed by atoms with Crippen LogP contribution in [0.15, 0.2) is 47.2 Å².